The summed E-state index contributed by atoms with van der Waals surface area (Å²) >= 11 is 0. The van der Waals surface area contributed by atoms with Gasteiger partial charge in [-0.25, -0.2) is 9.59 Å². The van der Waals surface area contributed by atoms with Crippen molar-refractivity contribution in [3.05, 3.63) is 111 Å². The Labute approximate surface area is 280 Å². The zero-order valence-electron chi connectivity index (χ0n) is 27.4. The minimum atomic E-state index is -0.647. The quantitative estimate of drug-likeness (QED) is 0.0903. The van der Waals surface area contributed by atoms with E-state index < -0.39 is 23.1 Å². The molecule has 4 aliphatic rings. The highest BCUT2D eigenvalue weighted by atomic mass is 16.5. The van der Waals surface area contributed by atoms with Crippen molar-refractivity contribution in [3.63, 3.8) is 0 Å². The number of esters is 2. The highest BCUT2D eigenvalue weighted by molar-refractivity contribution is 6.07. The van der Waals surface area contributed by atoms with Crippen LogP contribution in [0.2, 0.25) is 0 Å². The van der Waals surface area contributed by atoms with E-state index in [4.69, 9.17) is 9.47 Å². The minimum absolute atomic E-state index is 0.0836. The monoisotopic (exact) mass is 630 g/mol. The van der Waals surface area contributed by atoms with E-state index in [2.05, 4.69) is 11.8 Å². The van der Waals surface area contributed by atoms with E-state index in [-0.39, 0.29) is 39.7 Å². The minimum Gasteiger partial charge on any atom is -0.465 e. The van der Waals surface area contributed by atoms with Crippen LogP contribution in [0, 0.1) is 57.2 Å². The van der Waals surface area contributed by atoms with Gasteiger partial charge >= 0.3 is 11.9 Å². The molecule has 0 spiro atoms. The first kappa shape index (κ1) is 34.2. The van der Waals surface area contributed by atoms with Crippen molar-refractivity contribution in [1.82, 2.24) is 0 Å². The molecule has 0 aromatic rings. The van der Waals surface area contributed by atoms with Crippen molar-refractivity contribution >= 4 is 17.5 Å². The average Bonchev–Trinajstić information content (AvgIpc) is 3.38. The summed E-state index contributed by atoms with van der Waals surface area (Å²) in [5, 5.41) is 40.4. The maximum absolute atomic E-state index is 13.0. The van der Waals surface area contributed by atoms with Gasteiger partial charge in [0.15, 0.2) is 0 Å². The van der Waals surface area contributed by atoms with Crippen molar-refractivity contribution in [2.45, 2.75) is 39.5 Å². The van der Waals surface area contributed by atoms with Crippen molar-refractivity contribution in [2.75, 3.05) is 14.2 Å². The number of hydrogen-bond donors (Lipinski definition) is 0. The Hall–Kier alpha value is -6.66. The van der Waals surface area contributed by atoms with Crippen LogP contribution in [0.3, 0.4) is 0 Å². The summed E-state index contributed by atoms with van der Waals surface area (Å²) in [4.78, 5) is 25.9. The number of fused-ring (bicyclic) bond motifs is 2. The van der Waals surface area contributed by atoms with E-state index in [0.717, 1.165) is 11.1 Å². The number of carbonyl (C=O) groups excluding carboxylic acids is 2. The Morgan fingerprint density at radius 3 is 1.56 bits per heavy atom. The van der Waals surface area contributed by atoms with E-state index in [0.29, 0.717) is 27.8 Å². The van der Waals surface area contributed by atoms with Crippen molar-refractivity contribution in [2.24, 2.45) is 0 Å². The maximum Gasteiger partial charge on any atom is 0.338 e. The second kappa shape index (κ2) is 14.6. The molecule has 0 unspecified atom stereocenters. The molecule has 0 fully saturated rings. The van der Waals surface area contributed by atoms with Crippen molar-refractivity contribution in [3.8, 4) is 58.4 Å². The van der Waals surface area contributed by atoms with E-state index in [1.165, 1.54) is 20.3 Å². The number of nitrogens with zero attached hydrogens (tertiary/aromatic N) is 4. The first-order chi connectivity index (χ1) is 23.0. The van der Waals surface area contributed by atoms with Crippen molar-refractivity contribution < 1.29 is 19.1 Å². The lowest BCUT2D eigenvalue weighted by Gasteiger charge is -2.09. The number of allylic oxidation sites excluding steroid dienone is 4. The molecule has 4 aliphatic carbocycles. The molecule has 0 amide bonds. The lowest BCUT2D eigenvalue weighted by Crippen LogP contribution is -2.00. The molecule has 0 saturated heterocycles. The maximum atomic E-state index is 13.0. The largest absolute Gasteiger partial charge is 0.465 e. The van der Waals surface area contributed by atoms with Gasteiger partial charge in [0, 0.05) is 11.1 Å². The Morgan fingerprint density at radius 1 is 0.604 bits per heavy atom. The second-order valence-electron chi connectivity index (χ2n) is 11.4. The van der Waals surface area contributed by atoms with Gasteiger partial charge in [-0.2, -0.15) is 21.0 Å². The smallest absolute Gasteiger partial charge is 0.338 e. The molecule has 8 heteroatoms. The molecule has 0 atom stereocenters. The molecule has 0 N–H and O–H groups in total. The van der Waals surface area contributed by atoms with Crippen LogP contribution in [-0.4, -0.2) is 26.2 Å². The van der Waals surface area contributed by atoms with Gasteiger partial charge in [-0.1, -0.05) is 82.0 Å². The fourth-order valence-corrected chi connectivity index (χ4v) is 5.42. The summed E-state index contributed by atoms with van der Waals surface area (Å²) in [6.07, 6.45) is 0. The first-order valence-corrected chi connectivity index (χ1v) is 15.0. The van der Waals surface area contributed by atoms with Gasteiger partial charge in [0.2, 0.25) is 0 Å². The van der Waals surface area contributed by atoms with Crippen LogP contribution in [0.25, 0.3) is 27.8 Å². The fourth-order valence-electron chi connectivity index (χ4n) is 5.42. The molecule has 0 saturated carbocycles. The van der Waals surface area contributed by atoms with E-state index in [9.17, 15) is 30.6 Å². The van der Waals surface area contributed by atoms with Crippen LogP contribution in [0.5, 0.6) is 0 Å². The lowest BCUT2D eigenvalue weighted by atomic mass is 9.89. The Kier molecular flexibility index (Phi) is 10.4. The Balaban J connectivity index is 2.10. The number of hydrogen-bond acceptors (Lipinski definition) is 8. The number of ether oxygens (including phenoxy) is 2. The normalized spacial score (nSPS) is 10.2. The van der Waals surface area contributed by atoms with E-state index >= 15 is 0 Å². The van der Waals surface area contributed by atoms with Gasteiger partial charge in [-0.15, -0.1) is 0 Å². The van der Waals surface area contributed by atoms with Crippen LogP contribution in [0.4, 0.5) is 0 Å². The third-order valence-corrected chi connectivity index (χ3v) is 7.98. The molecular weight excluding hydrogens is 600 g/mol. The standard InChI is InChI=1S/C40H30N4O4/c1-23(2)25-9-7-11-30-27(17-36(33(30)15-25)39(45)47-5)13-14-31(28(19-41)20-42)38(29(21-43)22-44)35-18-37(40(46)48-6)34-16-26(24(3)4)10-8-12-32(34)35/h7-12,15-18,23-24H,1-6H3. The molecule has 0 radical (unpaired) electrons. The third kappa shape index (κ3) is 6.50. The van der Waals surface area contributed by atoms with Gasteiger partial charge < -0.3 is 9.47 Å². The number of nitriles is 4. The summed E-state index contributed by atoms with van der Waals surface area (Å²) < 4.78 is 10.1. The molecule has 48 heavy (non-hydrogen) atoms. The number of methoxy groups -OCH3 is 2. The summed E-state index contributed by atoms with van der Waals surface area (Å²) in [5.74, 6) is 4.97. The Bertz CT molecular complexity index is 2170. The molecule has 0 bridgehead atoms. The van der Waals surface area contributed by atoms with Gasteiger partial charge in [-0.3, -0.25) is 0 Å². The molecule has 0 aromatic heterocycles. The summed E-state index contributed by atoms with van der Waals surface area (Å²) in [6.45, 7) is 8.07. The predicted molar refractivity (Wildman–Crippen MR) is 180 cm³/mol. The molecular formula is C40H30N4O4. The van der Waals surface area contributed by atoms with Crippen LogP contribution in [0.1, 0.15) is 82.5 Å². The van der Waals surface area contributed by atoms with Crippen molar-refractivity contribution in [1.29, 1.82) is 21.0 Å². The molecule has 234 valence electrons. The van der Waals surface area contributed by atoms with Crippen LogP contribution >= 0.6 is 0 Å². The highest BCUT2D eigenvalue weighted by Crippen LogP contribution is 2.42. The SMILES string of the molecule is COC(=O)c1cc(C#CC(=C(C#N)C#N)C(=C(C#N)C#N)c2cc(C(=O)OC)c3cc(C(C)C)cccc2-3)c2cccc(C(C)C)cc1-2. The summed E-state index contributed by atoms with van der Waals surface area (Å²) in [7, 11) is 2.53. The third-order valence-electron chi connectivity index (χ3n) is 7.98. The predicted octanol–water partition coefficient (Wildman–Crippen LogP) is 7.91. The zero-order valence-corrected chi connectivity index (χ0v) is 27.4. The van der Waals surface area contributed by atoms with E-state index in [1.807, 2.05) is 88.4 Å². The number of rotatable bonds is 6. The number of carbonyl (C=O) groups is 2. The van der Waals surface area contributed by atoms with Crippen LogP contribution in [0.15, 0.2) is 77.4 Å². The second-order valence-corrected chi connectivity index (χ2v) is 11.4. The molecule has 8 nitrogen and oxygen atoms in total. The molecule has 0 aromatic carbocycles. The molecule has 0 aliphatic heterocycles. The fraction of sp³-hybridized carbons (Fsp3) is 0.200. The molecule has 4 rings (SSSR count). The average molecular weight is 631 g/mol. The van der Waals surface area contributed by atoms with Crippen LogP contribution in [-0.2, 0) is 9.47 Å². The first-order valence-electron chi connectivity index (χ1n) is 15.0. The summed E-state index contributed by atoms with van der Waals surface area (Å²) in [6, 6.07) is 25.3. The van der Waals surface area contributed by atoms with Gasteiger partial charge in [-0.05, 0) is 69.0 Å². The zero-order chi connectivity index (χ0) is 35.1. The van der Waals surface area contributed by atoms with E-state index in [1.54, 1.807) is 18.2 Å². The van der Waals surface area contributed by atoms with Crippen LogP contribution < -0.4 is 0 Å². The molecule has 0 heterocycles. The lowest BCUT2D eigenvalue weighted by molar-refractivity contribution is 0.0593. The topological polar surface area (TPSA) is 148 Å². The van der Waals surface area contributed by atoms with Gasteiger partial charge in [0.1, 0.15) is 35.4 Å². The highest BCUT2D eigenvalue weighted by Gasteiger charge is 2.28. The summed E-state index contributed by atoms with van der Waals surface area (Å²) in [5.41, 5.74) is 4.07. The van der Waals surface area contributed by atoms with Gasteiger partial charge in [0.25, 0.3) is 0 Å². The Morgan fingerprint density at radius 2 is 1.08 bits per heavy atom. The van der Waals surface area contributed by atoms with Gasteiger partial charge in [0.05, 0.1) is 30.9 Å².